The highest BCUT2D eigenvalue weighted by molar-refractivity contribution is 6.30. The molecule has 2 fully saturated rings. The van der Waals surface area contributed by atoms with Gasteiger partial charge in [-0.1, -0.05) is 48.9 Å². The first-order valence-electron chi connectivity index (χ1n) is 10.1. The maximum atomic E-state index is 12.6. The lowest BCUT2D eigenvalue weighted by atomic mass is 9.82. The van der Waals surface area contributed by atoms with E-state index in [0.29, 0.717) is 34.3 Å². The average molecular weight is 393 g/mol. The van der Waals surface area contributed by atoms with Crippen LogP contribution in [0.5, 0.6) is 0 Å². The molecule has 2 saturated carbocycles. The molecular formula is C24H25ClN2O. The number of hydrogen-bond donors (Lipinski definition) is 1. The Bertz CT molecular complexity index is 862. The van der Waals surface area contributed by atoms with Crippen LogP contribution in [-0.4, -0.2) is 11.9 Å². The van der Waals surface area contributed by atoms with Crippen molar-refractivity contribution in [2.75, 3.05) is 0 Å². The molecule has 0 aliphatic heterocycles. The zero-order chi connectivity index (χ0) is 19.7. The second-order valence-corrected chi connectivity index (χ2v) is 8.59. The van der Waals surface area contributed by atoms with Gasteiger partial charge < -0.3 is 5.32 Å². The van der Waals surface area contributed by atoms with Crippen LogP contribution < -0.4 is 5.32 Å². The van der Waals surface area contributed by atoms with Crippen LogP contribution in [0.15, 0.2) is 54.6 Å². The lowest BCUT2D eigenvalue weighted by Crippen LogP contribution is -2.37. The topological polar surface area (TPSA) is 52.9 Å². The third-order valence-electron chi connectivity index (χ3n) is 6.64. The number of rotatable bonds is 6. The number of halogens is 1. The molecule has 2 aliphatic rings. The van der Waals surface area contributed by atoms with Gasteiger partial charge in [0.15, 0.2) is 0 Å². The van der Waals surface area contributed by atoms with Gasteiger partial charge in [-0.15, -0.1) is 0 Å². The van der Waals surface area contributed by atoms with Crippen LogP contribution in [0.4, 0.5) is 0 Å². The molecule has 3 nitrogen and oxygen atoms in total. The molecule has 6 atom stereocenters. The fraction of sp³-hybridized carbons (Fsp3) is 0.417. The van der Waals surface area contributed by atoms with Crippen LogP contribution in [0.25, 0.3) is 0 Å². The van der Waals surface area contributed by atoms with Gasteiger partial charge >= 0.3 is 0 Å². The predicted molar refractivity (Wildman–Crippen MR) is 111 cm³/mol. The van der Waals surface area contributed by atoms with Crippen molar-refractivity contribution in [2.24, 2.45) is 23.7 Å². The number of carbonyl (C=O) groups excluding carboxylic acids is 1. The molecule has 4 rings (SSSR count). The number of nitrogens with zero attached hydrogens (tertiary/aromatic N) is 1. The van der Waals surface area contributed by atoms with Crippen LogP contribution in [0.2, 0.25) is 5.02 Å². The van der Waals surface area contributed by atoms with E-state index in [9.17, 15) is 10.1 Å². The maximum Gasteiger partial charge on any atom is 0.251 e. The molecule has 1 N–H and O–H groups in total. The highest BCUT2D eigenvalue weighted by Gasteiger charge is 2.59. The Balaban J connectivity index is 1.37. The summed E-state index contributed by atoms with van der Waals surface area (Å²) < 4.78 is 0. The largest absolute Gasteiger partial charge is 0.349 e. The fourth-order valence-electron chi connectivity index (χ4n) is 5.24. The second-order valence-electron chi connectivity index (χ2n) is 8.15. The molecule has 0 saturated heterocycles. The Morgan fingerprint density at radius 3 is 2.36 bits per heavy atom. The minimum Gasteiger partial charge on any atom is -0.349 e. The summed E-state index contributed by atoms with van der Waals surface area (Å²) in [5, 5.41) is 13.6. The molecule has 2 aliphatic carbocycles. The smallest absolute Gasteiger partial charge is 0.251 e. The molecule has 1 amide bonds. The van der Waals surface area contributed by atoms with Crippen molar-refractivity contribution in [1.29, 1.82) is 5.26 Å². The van der Waals surface area contributed by atoms with Crippen LogP contribution in [0.1, 0.15) is 48.0 Å². The molecule has 2 aromatic rings. The Kier molecular flexibility index (Phi) is 5.42. The highest BCUT2D eigenvalue weighted by Crippen LogP contribution is 2.63. The lowest BCUT2D eigenvalue weighted by molar-refractivity contribution is 0.0926. The summed E-state index contributed by atoms with van der Waals surface area (Å²) >= 11 is 5.92. The standard InChI is InChI=1S/C24H25ClN2O/c1-2-22(27-24(28)16-8-10-18(25)11-9-16)23-19-12-17(13-20(19)23)21(14-26)15-6-4-3-5-7-15/h3-11,17,19-23H,2,12-13H2,1H3,(H,27,28)/t17?,19-,20+,21-,22?,23+/m1/s1. The van der Waals surface area contributed by atoms with Gasteiger partial charge in [-0.3, -0.25) is 4.79 Å². The van der Waals surface area contributed by atoms with Gasteiger partial charge in [-0.2, -0.15) is 5.26 Å². The molecule has 0 bridgehead atoms. The number of hydrogen-bond acceptors (Lipinski definition) is 2. The van der Waals surface area contributed by atoms with E-state index in [0.717, 1.165) is 24.8 Å². The Labute approximate surface area is 171 Å². The van der Waals surface area contributed by atoms with E-state index in [1.54, 1.807) is 24.3 Å². The molecule has 0 spiro atoms. The minimum absolute atomic E-state index is 0.0154. The first-order valence-corrected chi connectivity index (χ1v) is 10.5. The molecule has 0 radical (unpaired) electrons. The van der Waals surface area contributed by atoms with E-state index in [-0.39, 0.29) is 17.9 Å². The molecule has 4 heteroatoms. The van der Waals surface area contributed by atoms with Crippen molar-refractivity contribution in [2.45, 2.75) is 38.1 Å². The Hall–Kier alpha value is -2.31. The number of benzene rings is 2. The van der Waals surface area contributed by atoms with Crippen molar-refractivity contribution in [3.63, 3.8) is 0 Å². The fourth-order valence-corrected chi connectivity index (χ4v) is 5.36. The van der Waals surface area contributed by atoms with Crippen LogP contribution in [0.3, 0.4) is 0 Å². The van der Waals surface area contributed by atoms with Crippen LogP contribution in [-0.2, 0) is 0 Å². The zero-order valence-corrected chi connectivity index (χ0v) is 16.8. The number of nitrogens with one attached hydrogen (secondary N) is 1. The maximum absolute atomic E-state index is 12.6. The molecule has 0 heterocycles. The number of nitriles is 1. The third-order valence-corrected chi connectivity index (χ3v) is 6.90. The van der Waals surface area contributed by atoms with Gasteiger partial charge in [0.2, 0.25) is 0 Å². The van der Waals surface area contributed by atoms with E-state index in [2.05, 4.69) is 30.4 Å². The van der Waals surface area contributed by atoms with Crippen molar-refractivity contribution in [3.8, 4) is 6.07 Å². The first-order chi connectivity index (χ1) is 13.6. The summed E-state index contributed by atoms with van der Waals surface area (Å²) in [6, 6.07) is 19.9. The first kappa shape index (κ1) is 19.0. The van der Waals surface area contributed by atoms with Gasteiger partial charge in [0.25, 0.3) is 5.91 Å². The molecule has 2 unspecified atom stereocenters. The zero-order valence-electron chi connectivity index (χ0n) is 16.0. The van der Waals surface area contributed by atoms with Gasteiger partial charge in [0.05, 0.1) is 12.0 Å². The molecular weight excluding hydrogens is 368 g/mol. The van der Waals surface area contributed by atoms with E-state index in [1.165, 1.54) is 0 Å². The normalized spacial score (nSPS) is 27.3. The SMILES string of the molecule is CCC(NC(=O)c1ccc(Cl)cc1)[C@H]1[C@@H]2CC([C@H](C#N)c3ccccc3)C[C@@H]21. The quantitative estimate of drug-likeness (QED) is 0.712. The summed E-state index contributed by atoms with van der Waals surface area (Å²) in [7, 11) is 0. The van der Waals surface area contributed by atoms with Crippen molar-refractivity contribution in [3.05, 3.63) is 70.7 Å². The van der Waals surface area contributed by atoms with E-state index in [1.807, 2.05) is 18.2 Å². The Morgan fingerprint density at radius 2 is 1.79 bits per heavy atom. The Morgan fingerprint density at radius 1 is 1.14 bits per heavy atom. The van der Waals surface area contributed by atoms with Crippen LogP contribution >= 0.6 is 11.6 Å². The van der Waals surface area contributed by atoms with E-state index < -0.39 is 0 Å². The lowest BCUT2D eigenvalue weighted by Gasteiger charge is -2.24. The summed E-state index contributed by atoms with van der Waals surface area (Å²) in [6.07, 6.45) is 3.12. The highest BCUT2D eigenvalue weighted by atomic mass is 35.5. The van der Waals surface area contributed by atoms with Crippen molar-refractivity contribution >= 4 is 17.5 Å². The number of carbonyl (C=O) groups is 1. The van der Waals surface area contributed by atoms with Gasteiger partial charge in [0, 0.05) is 16.6 Å². The van der Waals surface area contributed by atoms with E-state index >= 15 is 0 Å². The van der Waals surface area contributed by atoms with Gasteiger partial charge in [0.1, 0.15) is 0 Å². The average Bonchev–Trinajstić information content (AvgIpc) is 3.20. The second kappa shape index (κ2) is 7.97. The summed E-state index contributed by atoms with van der Waals surface area (Å²) in [5.41, 5.74) is 1.79. The summed E-state index contributed by atoms with van der Waals surface area (Å²) in [4.78, 5) is 12.6. The third kappa shape index (κ3) is 3.66. The monoisotopic (exact) mass is 392 g/mol. The van der Waals surface area contributed by atoms with Gasteiger partial charge in [-0.25, -0.2) is 0 Å². The molecule has 0 aromatic heterocycles. The van der Waals surface area contributed by atoms with E-state index in [4.69, 9.17) is 11.6 Å². The molecule has 28 heavy (non-hydrogen) atoms. The molecule has 2 aromatic carbocycles. The van der Waals surface area contributed by atoms with Crippen LogP contribution in [0, 0.1) is 35.0 Å². The molecule has 144 valence electrons. The minimum atomic E-state index is -0.0239. The van der Waals surface area contributed by atoms with Crippen molar-refractivity contribution < 1.29 is 4.79 Å². The summed E-state index contributed by atoms with van der Waals surface area (Å²) in [6.45, 7) is 2.14. The number of fused-ring (bicyclic) bond motifs is 1. The van der Waals surface area contributed by atoms with Gasteiger partial charge in [-0.05, 0) is 72.8 Å². The summed E-state index contributed by atoms with van der Waals surface area (Å²) in [5.74, 6) is 2.22. The van der Waals surface area contributed by atoms with Crippen molar-refractivity contribution in [1.82, 2.24) is 5.32 Å². The number of amides is 1. The predicted octanol–water partition coefficient (Wildman–Crippen LogP) is 5.43.